The van der Waals surface area contributed by atoms with Gasteiger partial charge in [-0.1, -0.05) is 0 Å². The van der Waals surface area contributed by atoms with Gasteiger partial charge in [-0.05, 0) is 64.3 Å². The fourth-order valence-electron chi connectivity index (χ4n) is 5.86. The molecule has 0 bridgehead atoms. The summed E-state index contributed by atoms with van der Waals surface area (Å²) in [6.45, 7) is 10.8. The number of pyridine rings is 2. The standard InChI is InChI=1S/C30H38N8O/c1-22-18-37(28-10-7-24(16-31)30-27(28)6-5-11-32-30)19-23(2)38(22)20-25-8-9-26(17-33-25)35-12-14-36(15-13-35)29(39)21-34(3)4/h5-11,17,22-23H,12-15,18-21H2,1-4H3. The summed E-state index contributed by atoms with van der Waals surface area (Å²) >= 11 is 0. The van der Waals surface area contributed by atoms with E-state index >= 15 is 0 Å². The summed E-state index contributed by atoms with van der Waals surface area (Å²) in [6, 6.07) is 15.2. The van der Waals surface area contributed by atoms with Crippen molar-refractivity contribution in [1.29, 1.82) is 5.26 Å². The highest BCUT2D eigenvalue weighted by atomic mass is 16.2. The first-order valence-electron chi connectivity index (χ1n) is 13.7. The maximum absolute atomic E-state index is 12.4. The number of likely N-dealkylation sites (N-methyl/N-ethyl adjacent to an activating group) is 1. The minimum Gasteiger partial charge on any atom is -0.368 e. The Morgan fingerprint density at radius 2 is 1.74 bits per heavy atom. The number of benzene rings is 1. The smallest absolute Gasteiger partial charge is 0.236 e. The summed E-state index contributed by atoms with van der Waals surface area (Å²) in [5.41, 5.74) is 4.71. The van der Waals surface area contributed by atoms with Crippen molar-refractivity contribution in [3.8, 4) is 6.07 Å². The van der Waals surface area contributed by atoms with Gasteiger partial charge in [0.15, 0.2) is 0 Å². The van der Waals surface area contributed by atoms with E-state index < -0.39 is 0 Å². The number of nitrogens with zero attached hydrogens (tertiary/aromatic N) is 8. The molecule has 9 heteroatoms. The number of carbonyl (C=O) groups excluding carboxylic acids is 1. The van der Waals surface area contributed by atoms with Crippen LogP contribution in [0.1, 0.15) is 25.1 Å². The van der Waals surface area contributed by atoms with Crippen LogP contribution in [0.4, 0.5) is 11.4 Å². The topological polar surface area (TPSA) is 82.8 Å². The van der Waals surface area contributed by atoms with Gasteiger partial charge in [0.1, 0.15) is 6.07 Å². The fourth-order valence-corrected chi connectivity index (χ4v) is 5.86. The van der Waals surface area contributed by atoms with Gasteiger partial charge < -0.3 is 19.6 Å². The van der Waals surface area contributed by atoms with Gasteiger partial charge in [-0.25, -0.2) is 0 Å². The largest absolute Gasteiger partial charge is 0.368 e. The number of nitriles is 1. The Morgan fingerprint density at radius 1 is 1.00 bits per heavy atom. The second-order valence-electron chi connectivity index (χ2n) is 11.0. The average Bonchev–Trinajstić information content (AvgIpc) is 2.94. The molecule has 5 rings (SSSR count). The molecule has 0 saturated carbocycles. The molecule has 2 atom stereocenters. The Labute approximate surface area is 231 Å². The molecule has 2 aromatic heterocycles. The molecule has 39 heavy (non-hydrogen) atoms. The Balaban J connectivity index is 1.20. The average molecular weight is 527 g/mol. The fraction of sp³-hybridized carbons (Fsp3) is 0.467. The molecule has 2 unspecified atom stereocenters. The van der Waals surface area contributed by atoms with Gasteiger partial charge in [-0.15, -0.1) is 0 Å². The van der Waals surface area contributed by atoms with Gasteiger partial charge in [-0.2, -0.15) is 5.26 Å². The van der Waals surface area contributed by atoms with E-state index in [2.05, 4.69) is 63.9 Å². The zero-order chi connectivity index (χ0) is 27.5. The second kappa shape index (κ2) is 11.6. The van der Waals surface area contributed by atoms with E-state index in [1.165, 1.54) is 0 Å². The van der Waals surface area contributed by atoms with Crippen LogP contribution in [-0.4, -0.2) is 103 Å². The van der Waals surface area contributed by atoms with Crippen molar-refractivity contribution in [2.45, 2.75) is 32.5 Å². The predicted octanol–water partition coefficient (Wildman–Crippen LogP) is 2.81. The van der Waals surface area contributed by atoms with Crippen molar-refractivity contribution in [2.24, 2.45) is 0 Å². The Hall–Kier alpha value is -3.74. The number of hydrogen-bond acceptors (Lipinski definition) is 8. The van der Waals surface area contributed by atoms with Crippen LogP contribution >= 0.6 is 0 Å². The number of piperazine rings is 2. The maximum atomic E-state index is 12.4. The van der Waals surface area contributed by atoms with Crippen LogP contribution in [0.2, 0.25) is 0 Å². The molecule has 0 radical (unpaired) electrons. The molecule has 204 valence electrons. The predicted molar refractivity (Wildman–Crippen MR) is 155 cm³/mol. The van der Waals surface area contributed by atoms with Gasteiger partial charge in [0.2, 0.25) is 5.91 Å². The van der Waals surface area contributed by atoms with Gasteiger partial charge >= 0.3 is 0 Å². The minimum atomic E-state index is 0.195. The van der Waals surface area contributed by atoms with E-state index in [4.69, 9.17) is 4.98 Å². The van der Waals surface area contributed by atoms with E-state index in [0.717, 1.165) is 73.8 Å². The first kappa shape index (κ1) is 26.9. The molecule has 2 fully saturated rings. The lowest BCUT2D eigenvalue weighted by Crippen LogP contribution is -2.56. The van der Waals surface area contributed by atoms with Crippen LogP contribution in [0.5, 0.6) is 0 Å². The summed E-state index contributed by atoms with van der Waals surface area (Å²) in [4.78, 5) is 32.8. The lowest BCUT2D eigenvalue weighted by molar-refractivity contribution is -0.132. The Bertz CT molecular complexity index is 1330. The third kappa shape index (κ3) is 5.82. The Kier molecular flexibility index (Phi) is 7.96. The molecule has 0 aliphatic carbocycles. The SMILES string of the molecule is CC1CN(c2ccc(C#N)c3ncccc23)CC(C)N1Cc1ccc(N2CCN(C(=O)CN(C)C)CC2)cn1. The maximum Gasteiger partial charge on any atom is 0.236 e. The summed E-state index contributed by atoms with van der Waals surface area (Å²) in [5, 5.41) is 10.5. The number of carbonyl (C=O) groups is 1. The highest BCUT2D eigenvalue weighted by Gasteiger charge is 2.31. The number of rotatable bonds is 6. The van der Waals surface area contributed by atoms with E-state index in [9.17, 15) is 10.1 Å². The van der Waals surface area contributed by atoms with Crippen LogP contribution in [0.3, 0.4) is 0 Å². The summed E-state index contributed by atoms with van der Waals surface area (Å²) in [6.07, 6.45) is 3.73. The lowest BCUT2D eigenvalue weighted by Gasteiger charge is -2.45. The van der Waals surface area contributed by atoms with Crippen molar-refractivity contribution in [1.82, 2.24) is 24.7 Å². The van der Waals surface area contributed by atoms with Crippen molar-refractivity contribution in [3.05, 3.63) is 60.0 Å². The zero-order valence-corrected chi connectivity index (χ0v) is 23.4. The molecule has 2 aliphatic heterocycles. The third-order valence-corrected chi connectivity index (χ3v) is 7.91. The van der Waals surface area contributed by atoms with Gasteiger partial charge in [-0.3, -0.25) is 19.7 Å². The first-order valence-corrected chi connectivity index (χ1v) is 13.7. The molecule has 4 heterocycles. The molecule has 9 nitrogen and oxygen atoms in total. The highest BCUT2D eigenvalue weighted by Crippen LogP contribution is 2.31. The second-order valence-corrected chi connectivity index (χ2v) is 11.0. The van der Waals surface area contributed by atoms with Crippen LogP contribution in [-0.2, 0) is 11.3 Å². The first-order chi connectivity index (χ1) is 18.8. The molecule has 1 aromatic carbocycles. The summed E-state index contributed by atoms with van der Waals surface area (Å²) in [7, 11) is 3.86. The minimum absolute atomic E-state index is 0.195. The molecule has 2 aliphatic rings. The quantitative estimate of drug-likeness (QED) is 0.485. The molecule has 0 spiro atoms. The third-order valence-electron chi connectivity index (χ3n) is 7.91. The van der Waals surface area contributed by atoms with Gasteiger partial charge in [0, 0.05) is 75.2 Å². The van der Waals surface area contributed by atoms with E-state index in [1.54, 1.807) is 6.20 Å². The van der Waals surface area contributed by atoms with Gasteiger partial charge in [0.05, 0.1) is 35.2 Å². The molecular formula is C30H38N8O. The summed E-state index contributed by atoms with van der Waals surface area (Å²) < 4.78 is 0. The molecule has 2 saturated heterocycles. The van der Waals surface area contributed by atoms with Crippen LogP contribution in [0, 0.1) is 11.3 Å². The number of anilines is 2. The number of amides is 1. The summed E-state index contributed by atoms with van der Waals surface area (Å²) in [5.74, 6) is 0.195. The molecule has 3 aromatic rings. The van der Waals surface area contributed by atoms with E-state index in [1.807, 2.05) is 42.2 Å². The number of fused-ring (bicyclic) bond motifs is 1. The zero-order valence-electron chi connectivity index (χ0n) is 23.4. The van der Waals surface area contributed by atoms with E-state index in [0.29, 0.717) is 24.2 Å². The van der Waals surface area contributed by atoms with E-state index in [-0.39, 0.29) is 5.91 Å². The van der Waals surface area contributed by atoms with Crippen LogP contribution in [0.25, 0.3) is 10.9 Å². The number of hydrogen-bond donors (Lipinski definition) is 0. The Morgan fingerprint density at radius 3 is 2.38 bits per heavy atom. The molecule has 1 amide bonds. The van der Waals surface area contributed by atoms with Crippen molar-refractivity contribution in [3.63, 3.8) is 0 Å². The van der Waals surface area contributed by atoms with Crippen molar-refractivity contribution in [2.75, 3.05) is 69.7 Å². The normalized spacial score (nSPS) is 20.5. The van der Waals surface area contributed by atoms with Gasteiger partial charge in [0.25, 0.3) is 0 Å². The highest BCUT2D eigenvalue weighted by molar-refractivity contribution is 5.95. The van der Waals surface area contributed by atoms with Crippen LogP contribution in [0.15, 0.2) is 48.8 Å². The lowest BCUT2D eigenvalue weighted by atomic mass is 10.0. The number of aromatic nitrogens is 2. The van der Waals surface area contributed by atoms with Crippen molar-refractivity contribution < 1.29 is 4.79 Å². The van der Waals surface area contributed by atoms with Crippen molar-refractivity contribution >= 4 is 28.2 Å². The molecule has 0 N–H and O–H groups in total. The van der Waals surface area contributed by atoms with Crippen LogP contribution < -0.4 is 9.80 Å². The monoisotopic (exact) mass is 526 g/mol. The molecular weight excluding hydrogens is 488 g/mol.